The normalized spacial score (nSPS) is 25.1. The minimum Gasteiger partial charge on any atom is -0.497 e. The summed E-state index contributed by atoms with van der Waals surface area (Å²) in [7, 11) is 1.55. The van der Waals surface area contributed by atoms with Crippen LogP contribution >= 0.6 is 0 Å². The van der Waals surface area contributed by atoms with Crippen LogP contribution in [0, 0.1) is 0 Å². The van der Waals surface area contributed by atoms with Crippen LogP contribution in [-0.4, -0.2) is 49.9 Å². The molecule has 142 valence electrons. The molecule has 4 atom stereocenters. The largest absolute Gasteiger partial charge is 0.497 e. The van der Waals surface area contributed by atoms with Gasteiger partial charge in [0.25, 0.3) is 0 Å². The molecule has 0 unspecified atom stereocenters. The predicted molar refractivity (Wildman–Crippen MR) is 88.3 cm³/mol. The summed E-state index contributed by atoms with van der Waals surface area (Å²) < 4.78 is 26.8. The van der Waals surface area contributed by atoms with Gasteiger partial charge in [-0.15, -0.1) is 0 Å². The minimum atomic E-state index is -0.985. The lowest BCUT2D eigenvalue weighted by atomic mass is 9.94. The van der Waals surface area contributed by atoms with Crippen molar-refractivity contribution < 1.29 is 38.1 Å². The molecule has 0 saturated carbocycles. The maximum absolute atomic E-state index is 11.6. The molecule has 1 aromatic rings. The van der Waals surface area contributed by atoms with Gasteiger partial charge in [0.1, 0.15) is 11.9 Å². The SMILES string of the molecule is COc1ccc([C@H]2OC[C@@H](OC(C)=O)[C@H](OC(C)=O)[C@@H]2OC(C)=O)cc1. The van der Waals surface area contributed by atoms with Crippen molar-refractivity contribution >= 4 is 17.9 Å². The Labute approximate surface area is 151 Å². The molecular formula is C18H22O8. The fourth-order valence-corrected chi connectivity index (χ4v) is 2.82. The van der Waals surface area contributed by atoms with Crippen molar-refractivity contribution in [1.82, 2.24) is 0 Å². The third kappa shape index (κ3) is 4.95. The predicted octanol–water partition coefficient (Wildman–Crippen LogP) is 1.56. The molecule has 8 nitrogen and oxygen atoms in total. The number of hydrogen-bond donors (Lipinski definition) is 0. The summed E-state index contributed by atoms with van der Waals surface area (Å²) in [6, 6.07) is 7.00. The first kappa shape index (κ1) is 19.7. The van der Waals surface area contributed by atoms with E-state index in [1.54, 1.807) is 31.4 Å². The maximum atomic E-state index is 11.6. The summed E-state index contributed by atoms with van der Waals surface area (Å²) in [4.78, 5) is 34.5. The van der Waals surface area contributed by atoms with E-state index in [0.717, 1.165) is 0 Å². The zero-order valence-electron chi connectivity index (χ0n) is 15.1. The molecule has 2 rings (SSSR count). The first-order valence-electron chi connectivity index (χ1n) is 8.09. The molecule has 0 radical (unpaired) electrons. The van der Waals surface area contributed by atoms with Gasteiger partial charge in [0, 0.05) is 20.8 Å². The molecule has 0 aliphatic carbocycles. The molecule has 0 N–H and O–H groups in total. The molecule has 1 aliphatic heterocycles. The number of benzene rings is 1. The Morgan fingerprint density at radius 1 is 0.885 bits per heavy atom. The number of carbonyl (C=O) groups is 3. The van der Waals surface area contributed by atoms with Gasteiger partial charge in [0.2, 0.25) is 0 Å². The molecule has 1 fully saturated rings. The van der Waals surface area contributed by atoms with Crippen molar-refractivity contribution in [2.24, 2.45) is 0 Å². The molecule has 0 spiro atoms. The highest BCUT2D eigenvalue weighted by atomic mass is 16.6. The molecule has 1 heterocycles. The van der Waals surface area contributed by atoms with E-state index in [1.807, 2.05) is 0 Å². The van der Waals surface area contributed by atoms with Crippen molar-refractivity contribution in [1.29, 1.82) is 0 Å². The monoisotopic (exact) mass is 366 g/mol. The smallest absolute Gasteiger partial charge is 0.303 e. The third-order valence-electron chi connectivity index (χ3n) is 3.79. The van der Waals surface area contributed by atoms with Crippen LogP contribution in [0.2, 0.25) is 0 Å². The van der Waals surface area contributed by atoms with Crippen LogP contribution in [0.1, 0.15) is 32.4 Å². The molecule has 1 saturated heterocycles. The van der Waals surface area contributed by atoms with Gasteiger partial charge in [-0.25, -0.2) is 0 Å². The standard InChI is InChI=1S/C18H22O8/c1-10(19)24-15-9-23-16(13-5-7-14(22-4)8-6-13)18(26-12(3)21)17(15)25-11(2)20/h5-8,15-18H,9H2,1-4H3/t15-,16-,17+,18-/m1/s1. The average Bonchev–Trinajstić information content (AvgIpc) is 2.57. The van der Waals surface area contributed by atoms with E-state index in [4.69, 9.17) is 23.7 Å². The highest BCUT2D eigenvalue weighted by molar-refractivity contribution is 5.68. The first-order valence-corrected chi connectivity index (χ1v) is 8.09. The van der Waals surface area contributed by atoms with Crippen molar-refractivity contribution in [3.8, 4) is 5.75 Å². The van der Waals surface area contributed by atoms with Crippen LogP contribution in [0.15, 0.2) is 24.3 Å². The fourth-order valence-electron chi connectivity index (χ4n) is 2.82. The van der Waals surface area contributed by atoms with Crippen LogP contribution in [0.4, 0.5) is 0 Å². The second-order valence-corrected chi connectivity index (χ2v) is 5.82. The fraction of sp³-hybridized carbons (Fsp3) is 0.500. The first-order chi connectivity index (χ1) is 12.3. The van der Waals surface area contributed by atoms with Gasteiger partial charge in [-0.2, -0.15) is 0 Å². The number of methoxy groups -OCH3 is 1. The van der Waals surface area contributed by atoms with Gasteiger partial charge in [0.15, 0.2) is 18.3 Å². The number of esters is 3. The zero-order valence-corrected chi connectivity index (χ0v) is 15.1. The minimum absolute atomic E-state index is 0.00795. The molecule has 0 amide bonds. The van der Waals surface area contributed by atoms with Gasteiger partial charge < -0.3 is 23.7 Å². The van der Waals surface area contributed by atoms with Crippen molar-refractivity contribution in [3.05, 3.63) is 29.8 Å². The summed E-state index contributed by atoms with van der Waals surface area (Å²) in [5.74, 6) is -1.06. The lowest BCUT2D eigenvalue weighted by Crippen LogP contribution is -2.54. The molecule has 26 heavy (non-hydrogen) atoms. The van der Waals surface area contributed by atoms with Gasteiger partial charge in [-0.05, 0) is 17.7 Å². The Kier molecular flexibility index (Phi) is 6.57. The van der Waals surface area contributed by atoms with Crippen LogP contribution in [0.3, 0.4) is 0 Å². The Morgan fingerprint density at radius 3 is 1.92 bits per heavy atom. The van der Waals surface area contributed by atoms with Crippen LogP contribution in [0.25, 0.3) is 0 Å². The summed E-state index contributed by atoms with van der Waals surface area (Å²) in [5.41, 5.74) is 0.704. The molecule has 8 heteroatoms. The molecule has 1 aliphatic rings. The van der Waals surface area contributed by atoms with E-state index in [0.29, 0.717) is 11.3 Å². The van der Waals surface area contributed by atoms with Crippen molar-refractivity contribution in [2.45, 2.75) is 45.2 Å². The topological polar surface area (TPSA) is 97.4 Å². The van der Waals surface area contributed by atoms with E-state index < -0.39 is 42.3 Å². The summed E-state index contributed by atoms with van der Waals surface area (Å²) in [6.07, 6.45) is -3.53. The van der Waals surface area contributed by atoms with Gasteiger partial charge in [0.05, 0.1) is 13.7 Å². The summed E-state index contributed by atoms with van der Waals surface area (Å²) in [5, 5.41) is 0. The van der Waals surface area contributed by atoms with Gasteiger partial charge >= 0.3 is 17.9 Å². The van der Waals surface area contributed by atoms with Crippen LogP contribution in [-0.2, 0) is 33.3 Å². The maximum Gasteiger partial charge on any atom is 0.303 e. The Balaban J connectivity index is 2.35. The second-order valence-electron chi connectivity index (χ2n) is 5.82. The number of hydrogen-bond acceptors (Lipinski definition) is 8. The summed E-state index contributed by atoms with van der Waals surface area (Å²) >= 11 is 0. The quantitative estimate of drug-likeness (QED) is 0.572. The molecule has 0 aromatic heterocycles. The van der Waals surface area contributed by atoms with E-state index in [1.165, 1.54) is 20.8 Å². The Bertz CT molecular complexity index is 654. The average molecular weight is 366 g/mol. The highest BCUT2D eigenvalue weighted by Gasteiger charge is 2.47. The van der Waals surface area contributed by atoms with Crippen molar-refractivity contribution in [3.63, 3.8) is 0 Å². The highest BCUT2D eigenvalue weighted by Crippen LogP contribution is 2.34. The van der Waals surface area contributed by atoms with E-state index >= 15 is 0 Å². The number of rotatable bonds is 5. The number of ether oxygens (including phenoxy) is 5. The van der Waals surface area contributed by atoms with E-state index in [-0.39, 0.29) is 6.61 Å². The lowest BCUT2D eigenvalue weighted by Gasteiger charge is -2.40. The van der Waals surface area contributed by atoms with Crippen LogP contribution < -0.4 is 4.74 Å². The van der Waals surface area contributed by atoms with Gasteiger partial charge in [-0.1, -0.05) is 12.1 Å². The van der Waals surface area contributed by atoms with Gasteiger partial charge in [-0.3, -0.25) is 14.4 Å². The Hall–Kier alpha value is -2.61. The lowest BCUT2D eigenvalue weighted by molar-refractivity contribution is -0.227. The number of carbonyl (C=O) groups excluding carboxylic acids is 3. The van der Waals surface area contributed by atoms with Crippen molar-refractivity contribution in [2.75, 3.05) is 13.7 Å². The molecular weight excluding hydrogens is 344 g/mol. The Morgan fingerprint density at radius 2 is 1.42 bits per heavy atom. The molecule has 0 bridgehead atoms. The van der Waals surface area contributed by atoms with Crippen LogP contribution in [0.5, 0.6) is 5.75 Å². The second kappa shape index (κ2) is 8.66. The molecule has 1 aromatic carbocycles. The van der Waals surface area contributed by atoms with E-state index in [9.17, 15) is 14.4 Å². The van der Waals surface area contributed by atoms with E-state index in [2.05, 4.69) is 0 Å². The summed E-state index contributed by atoms with van der Waals surface area (Å²) in [6.45, 7) is 3.70. The zero-order chi connectivity index (χ0) is 19.3. The third-order valence-corrected chi connectivity index (χ3v) is 3.79.